The van der Waals surface area contributed by atoms with E-state index in [1.807, 2.05) is 101 Å². The van der Waals surface area contributed by atoms with Crippen LogP contribution < -0.4 is 25.0 Å². The van der Waals surface area contributed by atoms with E-state index in [1.165, 1.54) is 7.11 Å². The summed E-state index contributed by atoms with van der Waals surface area (Å²) in [6.45, 7) is 15.3. The van der Waals surface area contributed by atoms with E-state index in [9.17, 15) is 9.59 Å². The number of esters is 1. The molecule has 2 saturated heterocycles. The van der Waals surface area contributed by atoms with E-state index in [1.54, 1.807) is 12.3 Å². The number of carbonyl (C=O) groups is 2. The van der Waals surface area contributed by atoms with Crippen molar-refractivity contribution in [3.05, 3.63) is 107 Å². The van der Waals surface area contributed by atoms with Gasteiger partial charge in [-0.3, -0.25) is 4.79 Å². The van der Waals surface area contributed by atoms with Crippen LogP contribution in [-0.4, -0.2) is 73.3 Å². The molecule has 0 saturated carbocycles. The summed E-state index contributed by atoms with van der Waals surface area (Å²) in [6, 6.07) is 23.6. The molecular weight excluding hydrogens is 654 g/mol. The van der Waals surface area contributed by atoms with Crippen LogP contribution in [0.4, 0.5) is 11.4 Å². The molecule has 2 fully saturated rings. The van der Waals surface area contributed by atoms with Crippen LogP contribution in [0.15, 0.2) is 85.2 Å². The molecule has 52 heavy (non-hydrogen) atoms. The summed E-state index contributed by atoms with van der Waals surface area (Å²) >= 11 is 0. The number of para-hydroxylation sites is 2. The number of rotatable bonds is 10. The summed E-state index contributed by atoms with van der Waals surface area (Å²) in [6.07, 6.45) is 6.20. The van der Waals surface area contributed by atoms with Gasteiger partial charge in [0.1, 0.15) is 12.2 Å². The third-order valence-electron chi connectivity index (χ3n) is 8.42. The SMILES string of the molecule is CC(C)N.COC(=O)c1ccccc1N1CC[C@@H](Oc2ccc(C)cn2)C1.Cc1ccc(O[C@@H]2CCN(c3ccccc3C(=O)CC(C)C)C2)nc1. The Morgan fingerprint density at radius 3 is 1.60 bits per heavy atom. The summed E-state index contributed by atoms with van der Waals surface area (Å²) in [4.78, 5) is 37.5. The molecule has 6 rings (SSSR count). The van der Waals surface area contributed by atoms with Crippen LogP contribution in [0.2, 0.25) is 0 Å². The van der Waals surface area contributed by atoms with Crippen molar-refractivity contribution in [2.24, 2.45) is 11.7 Å². The van der Waals surface area contributed by atoms with Gasteiger partial charge in [-0.1, -0.05) is 64.1 Å². The third kappa shape index (κ3) is 12.1. The molecule has 0 spiro atoms. The van der Waals surface area contributed by atoms with Crippen LogP contribution in [0.1, 0.15) is 78.8 Å². The highest BCUT2D eigenvalue weighted by Gasteiger charge is 2.28. The molecule has 0 unspecified atom stereocenters. The van der Waals surface area contributed by atoms with E-state index in [2.05, 4.69) is 33.6 Å². The van der Waals surface area contributed by atoms with Gasteiger partial charge in [0, 0.05) is 68.1 Å². The summed E-state index contributed by atoms with van der Waals surface area (Å²) in [7, 11) is 1.40. The number of pyridine rings is 2. The largest absolute Gasteiger partial charge is 0.472 e. The predicted octanol–water partition coefficient (Wildman–Crippen LogP) is 7.46. The van der Waals surface area contributed by atoms with Crippen LogP contribution in [0, 0.1) is 19.8 Å². The van der Waals surface area contributed by atoms with Gasteiger partial charge in [-0.25, -0.2) is 14.8 Å². The number of nitrogens with two attached hydrogens (primary N) is 1. The van der Waals surface area contributed by atoms with Crippen molar-refractivity contribution in [3.8, 4) is 11.8 Å². The molecule has 0 amide bonds. The van der Waals surface area contributed by atoms with Gasteiger partial charge in [-0.15, -0.1) is 0 Å². The molecule has 2 aliphatic heterocycles. The van der Waals surface area contributed by atoms with Crippen molar-refractivity contribution < 1.29 is 23.8 Å². The lowest BCUT2D eigenvalue weighted by Gasteiger charge is -2.22. The van der Waals surface area contributed by atoms with Gasteiger partial charge in [0.2, 0.25) is 11.8 Å². The molecule has 0 radical (unpaired) electrons. The van der Waals surface area contributed by atoms with Crippen LogP contribution in [-0.2, 0) is 4.74 Å². The normalized spacial score (nSPS) is 16.5. The minimum atomic E-state index is -0.315. The summed E-state index contributed by atoms with van der Waals surface area (Å²) < 4.78 is 16.8. The first-order chi connectivity index (χ1) is 24.9. The minimum absolute atomic E-state index is 0.0657. The number of hydrogen-bond acceptors (Lipinski definition) is 10. The Labute approximate surface area is 309 Å². The smallest absolute Gasteiger partial charge is 0.339 e. The summed E-state index contributed by atoms with van der Waals surface area (Å²) in [5.74, 6) is 1.58. The van der Waals surface area contributed by atoms with E-state index in [0.717, 1.165) is 67.1 Å². The first kappa shape index (κ1) is 39.8. The standard InChI is InChI=1S/C21H26N2O2.C18H20N2O3.C3H9N/c1-15(2)12-20(24)18-6-4-5-7-19(18)23-11-10-17(14-23)25-21-9-8-16(3)13-22-21;1-13-7-8-17(19-11-13)23-14-9-10-20(12-14)16-6-4-3-5-15(16)18(21)22-2;1-3(2)4/h4-9,13,15,17H,10-12,14H2,1-3H3;3-8,11,14H,9-10,12H2,1-2H3;3H,4H2,1-2H3/t17-;14-;/m11./s1. The second-order valence-electron chi connectivity index (χ2n) is 14.1. The molecule has 2 aromatic carbocycles. The monoisotopic (exact) mass is 709 g/mol. The van der Waals surface area contributed by atoms with Crippen molar-refractivity contribution >= 4 is 23.1 Å². The highest BCUT2D eigenvalue weighted by molar-refractivity contribution is 6.01. The molecule has 4 heterocycles. The molecular formula is C42H55N5O5. The molecule has 10 nitrogen and oxygen atoms in total. The average Bonchev–Trinajstić information content (AvgIpc) is 3.80. The zero-order chi connectivity index (χ0) is 37.6. The van der Waals surface area contributed by atoms with E-state index < -0.39 is 0 Å². The molecule has 278 valence electrons. The quantitative estimate of drug-likeness (QED) is 0.131. The number of benzene rings is 2. The number of aryl methyl sites for hydroxylation is 2. The molecule has 4 aromatic rings. The highest BCUT2D eigenvalue weighted by atomic mass is 16.5. The van der Waals surface area contributed by atoms with Crippen LogP contribution in [0.3, 0.4) is 0 Å². The number of methoxy groups -OCH3 is 1. The molecule has 10 heteroatoms. The number of ketones is 1. The number of anilines is 2. The van der Waals surface area contributed by atoms with Crippen LogP contribution >= 0.6 is 0 Å². The van der Waals surface area contributed by atoms with E-state index in [4.69, 9.17) is 19.9 Å². The Hall–Kier alpha value is -4.96. The molecule has 0 bridgehead atoms. The van der Waals surface area contributed by atoms with Gasteiger partial charge < -0.3 is 29.7 Å². The molecule has 2 aliphatic rings. The van der Waals surface area contributed by atoms with Gasteiger partial charge in [0.05, 0.1) is 31.5 Å². The number of Topliss-reactive ketones (excluding diaryl/α,β-unsaturated/α-hetero) is 1. The molecule has 2 N–H and O–H groups in total. The first-order valence-electron chi connectivity index (χ1n) is 18.2. The van der Waals surface area contributed by atoms with E-state index in [-0.39, 0.29) is 24.0 Å². The second kappa shape index (κ2) is 19.6. The molecule has 2 atom stereocenters. The van der Waals surface area contributed by atoms with E-state index >= 15 is 0 Å². The Kier molecular flexibility index (Phi) is 15.0. The van der Waals surface area contributed by atoms with Gasteiger partial charge in [0.15, 0.2) is 5.78 Å². The number of aromatic nitrogens is 2. The van der Waals surface area contributed by atoms with Crippen molar-refractivity contribution in [2.45, 2.75) is 79.1 Å². The maximum atomic E-state index is 12.6. The highest BCUT2D eigenvalue weighted by Crippen LogP contribution is 2.29. The zero-order valence-corrected chi connectivity index (χ0v) is 31.7. The molecule has 2 aromatic heterocycles. The fraction of sp³-hybridized carbons (Fsp3) is 0.429. The average molecular weight is 710 g/mol. The fourth-order valence-electron chi connectivity index (χ4n) is 5.97. The number of hydrogen-bond donors (Lipinski definition) is 1. The maximum Gasteiger partial charge on any atom is 0.339 e. The van der Waals surface area contributed by atoms with Gasteiger partial charge in [0.25, 0.3) is 0 Å². The van der Waals surface area contributed by atoms with Crippen molar-refractivity contribution in [1.82, 2.24) is 9.97 Å². The second-order valence-corrected chi connectivity index (χ2v) is 14.1. The Balaban J connectivity index is 0.000000212. The lowest BCUT2D eigenvalue weighted by Crippen LogP contribution is -2.26. The van der Waals surface area contributed by atoms with Gasteiger partial charge in [-0.05, 0) is 61.2 Å². The van der Waals surface area contributed by atoms with Crippen molar-refractivity contribution in [3.63, 3.8) is 0 Å². The van der Waals surface area contributed by atoms with Crippen molar-refractivity contribution in [2.75, 3.05) is 43.1 Å². The fourth-order valence-corrected chi connectivity index (χ4v) is 5.97. The minimum Gasteiger partial charge on any atom is -0.472 e. The van der Waals surface area contributed by atoms with E-state index in [0.29, 0.717) is 35.7 Å². The Bertz CT molecular complexity index is 1710. The lowest BCUT2D eigenvalue weighted by atomic mass is 9.99. The number of carbonyl (C=O) groups excluding carboxylic acids is 2. The first-order valence-corrected chi connectivity index (χ1v) is 18.2. The maximum absolute atomic E-state index is 12.6. The van der Waals surface area contributed by atoms with Crippen LogP contribution in [0.25, 0.3) is 0 Å². The molecule has 0 aliphatic carbocycles. The van der Waals surface area contributed by atoms with Crippen LogP contribution in [0.5, 0.6) is 11.8 Å². The number of ether oxygens (including phenoxy) is 3. The summed E-state index contributed by atoms with van der Waals surface area (Å²) in [5, 5.41) is 0. The Morgan fingerprint density at radius 2 is 1.17 bits per heavy atom. The van der Waals surface area contributed by atoms with Gasteiger partial charge >= 0.3 is 5.97 Å². The zero-order valence-electron chi connectivity index (χ0n) is 31.7. The lowest BCUT2D eigenvalue weighted by molar-refractivity contribution is 0.0601. The predicted molar refractivity (Wildman–Crippen MR) is 208 cm³/mol. The summed E-state index contributed by atoms with van der Waals surface area (Å²) in [5.41, 5.74) is 10.7. The van der Waals surface area contributed by atoms with Crippen molar-refractivity contribution in [1.29, 1.82) is 0 Å². The third-order valence-corrected chi connectivity index (χ3v) is 8.42. The Morgan fingerprint density at radius 1 is 0.731 bits per heavy atom. The number of nitrogens with zero attached hydrogens (tertiary/aromatic N) is 4. The van der Waals surface area contributed by atoms with Gasteiger partial charge in [-0.2, -0.15) is 0 Å². The topological polar surface area (TPSA) is 120 Å².